The zero-order valence-corrected chi connectivity index (χ0v) is 33.3. The third-order valence-corrected chi connectivity index (χ3v) is 12.0. The van der Waals surface area contributed by atoms with E-state index in [1.165, 1.54) is 0 Å². The van der Waals surface area contributed by atoms with E-state index in [9.17, 15) is 5.26 Å². The zero-order chi connectivity index (χ0) is 42.2. The van der Waals surface area contributed by atoms with Crippen LogP contribution in [-0.2, 0) is 0 Å². The summed E-state index contributed by atoms with van der Waals surface area (Å²) in [5.41, 5.74) is 10.7. The molecule has 4 aromatic heterocycles. The van der Waals surface area contributed by atoms with Gasteiger partial charge in [-0.25, -0.2) is 14.7 Å². The molecule has 0 N–H and O–H groups in total. The number of para-hydroxylation sites is 5. The fraction of sp³-hybridized carbons (Fsp3) is 0. The van der Waals surface area contributed by atoms with Crippen molar-refractivity contribution in [1.29, 1.82) is 5.26 Å². The van der Waals surface area contributed by atoms with Crippen LogP contribution in [0.2, 0.25) is 0 Å². The van der Waals surface area contributed by atoms with Crippen LogP contribution in [0, 0.1) is 24.5 Å². The molecule has 0 atom stereocenters. The van der Waals surface area contributed by atoms with Crippen LogP contribution in [0.5, 0.6) is 0 Å². The van der Waals surface area contributed by atoms with Crippen LogP contribution in [0.1, 0.15) is 5.56 Å². The number of rotatable bonds is 5. The minimum absolute atomic E-state index is 0.420. The van der Waals surface area contributed by atoms with Gasteiger partial charge in [-0.1, -0.05) is 91.0 Å². The van der Waals surface area contributed by atoms with E-state index in [-0.39, 0.29) is 0 Å². The summed E-state index contributed by atoms with van der Waals surface area (Å²) in [6.07, 6.45) is 0. The lowest BCUT2D eigenvalue weighted by atomic mass is 10.1. The summed E-state index contributed by atoms with van der Waals surface area (Å²) >= 11 is 0. The van der Waals surface area contributed by atoms with Gasteiger partial charge in [0.1, 0.15) is 0 Å². The van der Waals surface area contributed by atoms with Crippen LogP contribution >= 0.6 is 0 Å². The van der Waals surface area contributed by atoms with Crippen molar-refractivity contribution in [3.05, 3.63) is 204 Å². The van der Waals surface area contributed by atoms with Crippen LogP contribution in [-0.4, -0.2) is 28.7 Å². The Morgan fingerprint density at radius 3 is 1.29 bits per heavy atom. The Bertz CT molecular complexity index is 3840. The highest BCUT2D eigenvalue weighted by Crippen LogP contribution is 2.41. The molecular weight excluding hydrogens is 775 g/mol. The smallest absolute Gasteiger partial charge is 0.238 e. The maximum atomic E-state index is 9.92. The van der Waals surface area contributed by atoms with Crippen molar-refractivity contribution in [3.63, 3.8) is 0 Å². The van der Waals surface area contributed by atoms with E-state index in [1.807, 2.05) is 127 Å². The summed E-state index contributed by atoms with van der Waals surface area (Å²) in [6, 6.07) is 60.6. The Morgan fingerprint density at radius 2 is 0.794 bits per heavy atom. The van der Waals surface area contributed by atoms with Crippen LogP contribution in [0.3, 0.4) is 0 Å². The molecule has 0 aliphatic heterocycles. The minimum Gasteiger partial charge on any atom is -0.309 e. The molecule has 0 amide bonds. The standard InChI is InChI=1S/C54H29N9/c1-56-34-24-27-49-42(30-34)37-14-3-8-18-44(37)61(49)47-21-11-6-16-39(47)52-58-53(60-54(59-52)63-46-20-10-5-13-36(46)41-29-33(32-55)23-26-51(41)63)40-17-7-12-22-48(40)62-45-19-9-4-15-38(45)43-31-35(57-2)25-28-50(43)62/h3-31H. The molecule has 9 heteroatoms. The first-order valence-electron chi connectivity index (χ1n) is 20.3. The fourth-order valence-electron chi connectivity index (χ4n) is 9.26. The van der Waals surface area contributed by atoms with Gasteiger partial charge in [0, 0.05) is 32.7 Å². The van der Waals surface area contributed by atoms with E-state index < -0.39 is 0 Å². The predicted octanol–water partition coefficient (Wildman–Crippen LogP) is 13.5. The maximum Gasteiger partial charge on any atom is 0.238 e. The lowest BCUT2D eigenvalue weighted by Gasteiger charge is -2.17. The molecule has 8 aromatic carbocycles. The summed E-state index contributed by atoms with van der Waals surface area (Å²) in [5, 5.41) is 15.9. The molecule has 12 aromatic rings. The van der Waals surface area contributed by atoms with Crippen molar-refractivity contribution in [2.75, 3.05) is 0 Å². The van der Waals surface area contributed by atoms with Gasteiger partial charge in [-0.05, 0) is 95.7 Å². The summed E-state index contributed by atoms with van der Waals surface area (Å²) in [6.45, 7) is 15.5. The van der Waals surface area contributed by atoms with Crippen LogP contribution in [0.4, 0.5) is 11.4 Å². The van der Waals surface area contributed by atoms with E-state index in [4.69, 9.17) is 28.1 Å². The number of hydrogen-bond donors (Lipinski definition) is 0. The number of hydrogen-bond acceptors (Lipinski definition) is 4. The van der Waals surface area contributed by atoms with Crippen LogP contribution < -0.4 is 0 Å². The molecule has 0 fully saturated rings. The summed E-state index contributed by atoms with van der Waals surface area (Å²) < 4.78 is 6.51. The predicted molar refractivity (Wildman–Crippen MR) is 251 cm³/mol. The second-order valence-corrected chi connectivity index (χ2v) is 15.3. The van der Waals surface area contributed by atoms with E-state index >= 15 is 0 Å². The third-order valence-electron chi connectivity index (χ3n) is 12.0. The average molecular weight is 804 g/mol. The monoisotopic (exact) mass is 803 g/mol. The summed E-state index contributed by atoms with van der Waals surface area (Å²) in [7, 11) is 0. The molecule has 0 saturated carbocycles. The molecular formula is C54H29N9. The van der Waals surface area contributed by atoms with Crippen molar-refractivity contribution >= 4 is 76.8 Å². The Kier molecular flexibility index (Phi) is 7.83. The maximum absolute atomic E-state index is 9.92. The van der Waals surface area contributed by atoms with Crippen molar-refractivity contribution in [3.8, 4) is 46.2 Å². The Balaban J connectivity index is 1.18. The first kappa shape index (κ1) is 35.6. The van der Waals surface area contributed by atoms with Crippen molar-refractivity contribution in [2.45, 2.75) is 0 Å². The molecule has 0 bridgehead atoms. The summed E-state index contributed by atoms with van der Waals surface area (Å²) in [5.74, 6) is 1.35. The second-order valence-electron chi connectivity index (χ2n) is 15.3. The zero-order valence-electron chi connectivity index (χ0n) is 33.3. The number of nitriles is 1. The largest absolute Gasteiger partial charge is 0.309 e. The van der Waals surface area contributed by atoms with Crippen molar-refractivity contribution < 1.29 is 0 Å². The average Bonchev–Trinajstić information content (AvgIpc) is 3.98. The van der Waals surface area contributed by atoms with Gasteiger partial charge in [-0.2, -0.15) is 15.2 Å². The number of aromatic nitrogens is 6. The molecule has 290 valence electrons. The van der Waals surface area contributed by atoms with Gasteiger partial charge >= 0.3 is 0 Å². The van der Waals surface area contributed by atoms with Crippen molar-refractivity contribution in [2.24, 2.45) is 0 Å². The van der Waals surface area contributed by atoms with Gasteiger partial charge in [-0.15, -0.1) is 0 Å². The second kappa shape index (κ2) is 13.9. The van der Waals surface area contributed by atoms with E-state index in [0.29, 0.717) is 34.5 Å². The van der Waals surface area contributed by atoms with Crippen LogP contribution in [0.15, 0.2) is 176 Å². The third kappa shape index (κ3) is 5.36. The van der Waals surface area contributed by atoms with E-state index in [0.717, 1.165) is 87.9 Å². The van der Waals surface area contributed by atoms with Gasteiger partial charge in [0.25, 0.3) is 0 Å². The van der Waals surface area contributed by atoms with Crippen LogP contribution in [0.25, 0.3) is 115 Å². The molecule has 0 aliphatic carbocycles. The topological polar surface area (TPSA) is 86.0 Å². The molecule has 9 nitrogen and oxygen atoms in total. The molecule has 0 spiro atoms. The molecule has 12 rings (SSSR count). The molecule has 63 heavy (non-hydrogen) atoms. The highest BCUT2D eigenvalue weighted by molar-refractivity contribution is 6.12. The fourth-order valence-corrected chi connectivity index (χ4v) is 9.26. The van der Waals surface area contributed by atoms with E-state index in [2.05, 4.69) is 78.0 Å². The number of benzene rings is 8. The molecule has 0 radical (unpaired) electrons. The molecule has 4 heterocycles. The highest BCUT2D eigenvalue weighted by atomic mass is 15.2. The quantitative estimate of drug-likeness (QED) is 0.162. The van der Waals surface area contributed by atoms with Gasteiger partial charge < -0.3 is 9.13 Å². The lowest BCUT2D eigenvalue weighted by molar-refractivity contribution is 0.950. The Morgan fingerprint density at radius 1 is 0.397 bits per heavy atom. The van der Waals surface area contributed by atoms with Gasteiger partial charge in [0.15, 0.2) is 23.0 Å². The number of nitrogens with zero attached hydrogens (tertiary/aromatic N) is 9. The SMILES string of the molecule is [C-]#[N+]c1ccc2c(c1)c1ccccc1n2-c1ccccc1-c1nc(-c2ccccc2-n2c3ccccc3c3cc([N+]#[C-])ccc32)nc(-n2c3ccccc3c3cc(C#N)ccc32)n1. The first-order valence-corrected chi connectivity index (χ1v) is 20.3. The molecule has 0 aliphatic rings. The van der Waals surface area contributed by atoms with Crippen molar-refractivity contribution in [1.82, 2.24) is 28.7 Å². The lowest BCUT2D eigenvalue weighted by Crippen LogP contribution is -2.09. The Labute approximate surface area is 359 Å². The molecule has 0 saturated heterocycles. The molecule has 0 unspecified atom stereocenters. The minimum atomic E-state index is 0.420. The summed E-state index contributed by atoms with van der Waals surface area (Å²) in [4.78, 5) is 23.6. The normalized spacial score (nSPS) is 11.4. The van der Waals surface area contributed by atoms with E-state index in [1.54, 1.807) is 0 Å². The highest BCUT2D eigenvalue weighted by Gasteiger charge is 2.24. The first-order chi connectivity index (χ1) is 31.1. The van der Waals surface area contributed by atoms with Gasteiger partial charge in [0.2, 0.25) is 5.95 Å². The van der Waals surface area contributed by atoms with Gasteiger partial charge in [0.05, 0.1) is 69.3 Å². The number of fused-ring (bicyclic) bond motifs is 9. The Hall–Kier alpha value is -9.36. The van der Waals surface area contributed by atoms with Gasteiger partial charge in [-0.3, -0.25) is 4.57 Å².